The lowest BCUT2D eigenvalue weighted by atomic mass is 10.1. The van der Waals surface area contributed by atoms with Gasteiger partial charge in [-0.15, -0.1) is 0 Å². The summed E-state index contributed by atoms with van der Waals surface area (Å²) in [5.41, 5.74) is 6.14. The fourth-order valence-corrected chi connectivity index (χ4v) is 4.77. The number of benzene rings is 2. The number of nitrogens with zero attached hydrogens (tertiary/aromatic N) is 5. The highest BCUT2D eigenvalue weighted by Crippen LogP contribution is 2.33. The lowest BCUT2D eigenvalue weighted by molar-refractivity contribution is -0.137. The Hall–Kier alpha value is -4.44. The minimum absolute atomic E-state index is 0.00673. The van der Waals surface area contributed by atoms with E-state index >= 15 is 0 Å². The van der Waals surface area contributed by atoms with E-state index in [-0.39, 0.29) is 12.5 Å². The largest absolute Gasteiger partial charge is 0.484 e. The summed E-state index contributed by atoms with van der Waals surface area (Å²) in [5, 5.41) is 16.2. The molecule has 10 heteroatoms. The molecule has 0 saturated carbocycles. The Kier molecular flexibility index (Phi) is 6.15. The van der Waals surface area contributed by atoms with Gasteiger partial charge in [-0.1, -0.05) is 11.2 Å². The zero-order chi connectivity index (χ0) is 25.2. The highest BCUT2D eigenvalue weighted by atomic mass is 16.5. The van der Waals surface area contributed by atoms with Gasteiger partial charge in [0.25, 0.3) is 5.91 Å². The predicted molar refractivity (Wildman–Crippen MR) is 138 cm³/mol. The van der Waals surface area contributed by atoms with Crippen molar-refractivity contribution in [1.82, 2.24) is 19.3 Å². The molecule has 2 aromatic carbocycles. The number of hydrogen-bond acceptors (Lipinski definition) is 8. The molecule has 2 aliphatic rings. The van der Waals surface area contributed by atoms with E-state index in [1.54, 1.807) is 17.3 Å². The molecule has 188 valence electrons. The van der Waals surface area contributed by atoms with E-state index in [9.17, 15) is 10.0 Å². The SMILES string of the molecule is O=C(COc1ccc(-c2nc3cnccn3c2Nc2ccc3c(c2)CCC3=NO)cc1)N1CCOCC1. The third-order valence-corrected chi connectivity index (χ3v) is 6.71. The number of hydrogen-bond donors (Lipinski definition) is 2. The molecule has 1 fully saturated rings. The van der Waals surface area contributed by atoms with Crippen LogP contribution < -0.4 is 10.1 Å². The van der Waals surface area contributed by atoms with Crippen molar-refractivity contribution in [3.8, 4) is 17.0 Å². The zero-order valence-corrected chi connectivity index (χ0v) is 20.1. The first kappa shape index (κ1) is 23.0. The van der Waals surface area contributed by atoms with Gasteiger partial charge < -0.3 is 24.9 Å². The fraction of sp³-hybridized carbons (Fsp3) is 0.259. The van der Waals surface area contributed by atoms with Crippen LogP contribution in [0.25, 0.3) is 16.9 Å². The molecule has 0 bridgehead atoms. The third-order valence-electron chi connectivity index (χ3n) is 6.71. The molecule has 0 unspecified atom stereocenters. The summed E-state index contributed by atoms with van der Waals surface area (Å²) in [6.45, 7) is 2.32. The number of aryl methyl sites for hydroxylation is 1. The molecule has 0 radical (unpaired) electrons. The number of carbonyl (C=O) groups is 1. The van der Waals surface area contributed by atoms with E-state index in [4.69, 9.17) is 14.5 Å². The van der Waals surface area contributed by atoms with E-state index in [2.05, 4.69) is 21.5 Å². The van der Waals surface area contributed by atoms with Crippen LogP contribution in [0.1, 0.15) is 17.5 Å². The van der Waals surface area contributed by atoms with E-state index in [1.165, 1.54) is 0 Å². The van der Waals surface area contributed by atoms with Crippen LogP contribution in [-0.2, 0) is 16.0 Å². The molecule has 0 spiro atoms. The average molecular weight is 499 g/mol. The molecule has 2 N–H and O–H groups in total. The Labute approximate surface area is 213 Å². The molecule has 37 heavy (non-hydrogen) atoms. The Morgan fingerprint density at radius 2 is 1.97 bits per heavy atom. The number of amides is 1. The summed E-state index contributed by atoms with van der Waals surface area (Å²) in [7, 11) is 0. The van der Waals surface area contributed by atoms with Gasteiger partial charge in [0.2, 0.25) is 0 Å². The van der Waals surface area contributed by atoms with Crippen molar-refractivity contribution in [2.75, 3.05) is 38.2 Å². The van der Waals surface area contributed by atoms with Crippen LogP contribution in [0.2, 0.25) is 0 Å². The van der Waals surface area contributed by atoms with Gasteiger partial charge in [0.15, 0.2) is 12.3 Å². The zero-order valence-electron chi connectivity index (χ0n) is 20.1. The normalized spacial score (nSPS) is 16.2. The molecule has 2 aromatic heterocycles. The molecule has 6 rings (SSSR count). The summed E-state index contributed by atoms with van der Waals surface area (Å²) in [6, 6.07) is 13.6. The summed E-state index contributed by atoms with van der Waals surface area (Å²) in [6.07, 6.45) is 6.87. The number of rotatable bonds is 6. The average Bonchev–Trinajstić information content (AvgIpc) is 3.53. The van der Waals surface area contributed by atoms with Gasteiger partial charge >= 0.3 is 0 Å². The molecule has 10 nitrogen and oxygen atoms in total. The van der Waals surface area contributed by atoms with E-state index < -0.39 is 0 Å². The highest BCUT2D eigenvalue weighted by Gasteiger charge is 2.20. The van der Waals surface area contributed by atoms with Gasteiger partial charge in [-0.3, -0.25) is 14.2 Å². The highest BCUT2D eigenvalue weighted by molar-refractivity contribution is 6.04. The Morgan fingerprint density at radius 3 is 2.78 bits per heavy atom. The quantitative estimate of drug-likeness (QED) is 0.309. The number of carbonyl (C=O) groups excluding carboxylic acids is 1. The first-order valence-electron chi connectivity index (χ1n) is 12.2. The van der Waals surface area contributed by atoms with Gasteiger partial charge in [-0.2, -0.15) is 0 Å². The number of oxime groups is 1. The molecule has 1 aliphatic carbocycles. The Balaban J connectivity index is 1.24. The number of aromatic nitrogens is 3. The molecule has 1 saturated heterocycles. The maximum absolute atomic E-state index is 12.4. The maximum Gasteiger partial charge on any atom is 0.260 e. The molecule has 0 atom stereocenters. The second-order valence-electron chi connectivity index (χ2n) is 8.96. The van der Waals surface area contributed by atoms with Gasteiger partial charge in [-0.25, -0.2) is 4.98 Å². The van der Waals surface area contributed by atoms with Gasteiger partial charge in [0.1, 0.15) is 17.3 Å². The van der Waals surface area contributed by atoms with Crippen molar-refractivity contribution < 1.29 is 19.5 Å². The first-order chi connectivity index (χ1) is 18.2. The number of nitrogens with one attached hydrogen (secondary N) is 1. The topological polar surface area (TPSA) is 114 Å². The maximum atomic E-state index is 12.4. The van der Waals surface area contributed by atoms with Crippen LogP contribution in [0.4, 0.5) is 11.5 Å². The summed E-state index contributed by atoms with van der Waals surface area (Å²) >= 11 is 0. The molecule has 4 aromatic rings. The van der Waals surface area contributed by atoms with Crippen molar-refractivity contribution in [2.45, 2.75) is 12.8 Å². The third kappa shape index (κ3) is 4.58. The van der Waals surface area contributed by atoms with Crippen LogP contribution in [0.15, 0.2) is 66.2 Å². The summed E-state index contributed by atoms with van der Waals surface area (Å²) < 4.78 is 13.0. The summed E-state index contributed by atoms with van der Waals surface area (Å²) in [4.78, 5) is 23.2. The number of fused-ring (bicyclic) bond motifs is 2. The van der Waals surface area contributed by atoms with Gasteiger partial charge in [0, 0.05) is 42.3 Å². The van der Waals surface area contributed by atoms with Crippen molar-refractivity contribution in [3.05, 3.63) is 72.2 Å². The predicted octanol–water partition coefficient (Wildman–Crippen LogP) is 3.50. The standard InChI is InChI=1S/C27H26N6O4/c34-25(32-11-13-36-14-12-32)17-37-21-5-1-18(2-6-21)26-27(33-10-9-28-16-24(33)30-26)29-20-4-7-22-19(15-20)3-8-23(22)31-35/h1-2,4-7,9-10,15-16,29,35H,3,8,11-14,17H2. The Bertz CT molecular complexity index is 1470. The van der Waals surface area contributed by atoms with Crippen LogP contribution in [0.5, 0.6) is 5.75 Å². The second-order valence-corrected chi connectivity index (χ2v) is 8.96. The van der Waals surface area contributed by atoms with Crippen LogP contribution >= 0.6 is 0 Å². The molecule has 1 aliphatic heterocycles. The van der Waals surface area contributed by atoms with E-state index in [0.717, 1.165) is 52.4 Å². The minimum atomic E-state index is -0.0431. The van der Waals surface area contributed by atoms with Crippen molar-refractivity contribution in [3.63, 3.8) is 0 Å². The monoisotopic (exact) mass is 498 g/mol. The van der Waals surface area contributed by atoms with Crippen LogP contribution in [0.3, 0.4) is 0 Å². The summed E-state index contributed by atoms with van der Waals surface area (Å²) in [5.74, 6) is 1.38. The molecular weight excluding hydrogens is 472 g/mol. The lowest BCUT2D eigenvalue weighted by Crippen LogP contribution is -2.42. The number of ether oxygens (including phenoxy) is 2. The molecular formula is C27H26N6O4. The Morgan fingerprint density at radius 1 is 1.14 bits per heavy atom. The fourth-order valence-electron chi connectivity index (χ4n) is 4.77. The second kappa shape index (κ2) is 9.90. The lowest BCUT2D eigenvalue weighted by Gasteiger charge is -2.26. The van der Waals surface area contributed by atoms with E-state index in [1.807, 2.05) is 47.0 Å². The number of morpholine rings is 1. The van der Waals surface area contributed by atoms with Crippen LogP contribution in [-0.4, -0.2) is 69.0 Å². The minimum Gasteiger partial charge on any atom is -0.484 e. The van der Waals surface area contributed by atoms with Crippen LogP contribution in [0, 0.1) is 0 Å². The molecule has 1 amide bonds. The van der Waals surface area contributed by atoms with Crippen molar-refractivity contribution >= 4 is 28.8 Å². The van der Waals surface area contributed by atoms with Gasteiger partial charge in [-0.05, 0) is 54.8 Å². The number of anilines is 2. The smallest absolute Gasteiger partial charge is 0.260 e. The number of imidazole rings is 1. The molecule has 3 heterocycles. The van der Waals surface area contributed by atoms with Crippen molar-refractivity contribution in [2.24, 2.45) is 5.16 Å². The van der Waals surface area contributed by atoms with E-state index in [0.29, 0.717) is 37.7 Å². The van der Waals surface area contributed by atoms with Crippen molar-refractivity contribution in [1.29, 1.82) is 0 Å². The van der Waals surface area contributed by atoms with Gasteiger partial charge in [0.05, 0.1) is 25.1 Å². The first-order valence-corrected chi connectivity index (χ1v) is 12.2.